The van der Waals surface area contributed by atoms with E-state index in [1.165, 1.54) is 25.7 Å². The Bertz CT molecular complexity index is 77.1. The first kappa shape index (κ1) is 9.10. The van der Waals surface area contributed by atoms with Crippen LogP contribution in [0.5, 0.6) is 0 Å². The van der Waals surface area contributed by atoms with Gasteiger partial charge in [-0.1, -0.05) is 24.3 Å². The SMILES string of the molecule is C1=CCCC=CCC1.[Ru+3]. The summed E-state index contributed by atoms with van der Waals surface area (Å²) in [6.45, 7) is 0. The fraction of sp³-hybridized carbons (Fsp3) is 0.500. The summed E-state index contributed by atoms with van der Waals surface area (Å²) in [6, 6.07) is 0. The molecule has 0 aromatic heterocycles. The molecule has 0 fully saturated rings. The summed E-state index contributed by atoms with van der Waals surface area (Å²) in [4.78, 5) is 0. The molecule has 0 heterocycles. The first-order chi connectivity index (χ1) is 4.00. The molecule has 9 heavy (non-hydrogen) atoms. The Balaban J connectivity index is 0.000000640. The van der Waals surface area contributed by atoms with Crippen LogP contribution in [0.3, 0.4) is 0 Å². The van der Waals surface area contributed by atoms with Crippen molar-refractivity contribution in [3.63, 3.8) is 0 Å². The maximum Gasteiger partial charge on any atom is 3.00 e. The van der Waals surface area contributed by atoms with Gasteiger partial charge in [0.1, 0.15) is 0 Å². The third kappa shape index (κ3) is 4.60. The van der Waals surface area contributed by atoms with Gasteiger partial charge in [0.2, 0.25) is 0 Å². The molecule has 1 aliphatic rings. The van der Waals surface area contributed by atoms with Crippen molar-refractivity contribution >= 4 is 0 Å². The Morgan fingerprint density at radius 1 is 0.556 bits per heavy atom. The maximum atomic E-state index is 2.27. The van der Waals surface area contributed by atoms with Gasteiger partial charge in [-0.05, 0) is 25.7 Å². The van der Waals surface area contributed by atoms with Crippen molar-refractivity contribution in [1.29, 1.82) is 0 Å². The Kier molecular flexibility index (Phi) is 6.30. The van der Waals surface area contributed by atoms with Gasteiger partial charge in [0.05, 0.1) is 0 Å². The molecule has 0 atom stereocenters. The molecule has 0 bridgehead atoms. The predicted octanol–water partition coefficient (Wildman–Crippen LogP) is 2.67. The molecule has 0 N–H and O–H groups in total. The van der Waals surface area contributed by atoms with Gasteiger partial charge in [-0.2, -0.15) is 0 Å². The second-order valence-electron chi connectivity index (χ2n) is 2.10. The number of rotatable bonds is 0. The second kappa shape index (κ2) is 6.23. The molecule has 49 valence electrons. The van der Waals surface area contributed by atoms with Crippen LogP contribution in [0.2, 0.25) is 0 Å². The summed E-state index contributed by atoms with van der Waals surface area (Å²) in [7, 11) is 0. The smallest absolute Gasteiger partial charge is 0.0882 e. The molecular formula is C8H12Ru+3. The van der Waals surface area contributed by atoms with E-state index in [2.05, 4.69) is 24.3 Å². The molecular weight excluding hydrogens is 197 g/mol. The first-order valence-electron chi connectivity index (χ1n) is 3.30. The molecule has 0 aromatic carbocycles. The summed E-state index contributed by atoms with van der Waals surface area (Å²) in [5, 5.41) is 0. The van der Waals surface area contributed by atoms with Gasteiger partial charge >= 0.3 is 19.5 Å². The van der Waals surface area contributed by atoms with Gasteiger partial charge in [0.25, 0.3) is 0 Å². The van der Waals surface area contributed by atoms with Crippen molar-refractivity contribution in [1.82, 2.24) is 0 Å². The minimum atomic E-state index is 0. The minimum Gasteiger partial charge on any atom is -0.0882 e. The van der Waals surface area contributed by atoms with Crippen molar-refractivity contribution in [2.45, 2.75) is 25.7 Å². The van der Waals surface area contributed by atoms with E-state index in [1.807, 2.05) is 0 Å². The minimum absolute atomic E-state index is 0. The summed E-state index contributed by atoms with van der Waals surface area (Å²) in [5.41, 5.74) is 0. The van der Waals surface area contributed by atoms with Gasteiger partial charge in [-0.15, -0.1) is 0 Å². The summed E-state index contributed by atoms with van der Waals surface area (Å²) in [5.74, 6) is 0. The summed E-state index contributed by atoms with van der Waals surface area (Å²) in [6.07, 6.45) is 14.0. The predicted molar refractivity (Wildman–Crippen MR) is 36.7 cm³/mol. The number of hydrogen-bond donors (Lipinski definition) is 0. The van der Waals surface area contributed by atoms with E-state index >= 15 is 0 Å². The van der Waals surface area contributed by atoms with E-state index in [0.717, 1.165) is 0 Å². The van der Waals surface area contributed by atoms with Crippen LogP contribution in [0.25, 0.3) is 0 Å². The molecule has 1 heteroatoms. The Morgan fingerprint density at radius 3 is 1.00 bits per heavy atom. The van der Waals surface area contributed by atoms with E-state index in [9.17, 15) is 0 Å². The van der Waals surface area contributed by atoms with Gasteiger partial charge < -0.3 is 0 Å². The number of hydrogen-bond acceptors (Lipinski definition) is 0. The van der Waals surface area contributed by atoms with Crippen LogP contribution < -0.4 is 0 Å². The van der Waals surface area contributed by atoms with Crippen molar-refractivity contribution in [2.24, 2.45) is 0 Å². The molecule has 0 nitrogen and oxygen atoms in total. The molecule has 0 aliphatic heterocycles. The third-order valence-corrected chi connectivity index (χ3v) is 1.33. The molecule has 0 aromatic rings. The van der Waals surface area contributed by atoms with E-state index in [0.29, 0.717) is 0 Å². The second-order valence-corrected chi connectivity index (χ2v) is 2.10. The summed E-state index contributed by atoms with van der Waals surface area (Å²) >= 11 is 0. The topological polar surface area (TPSA) is 0 Å². The standard InChI is InChI=1S/C8H12.Ru/c1-2-4-6-8-7-5-3-1;/h1-2,7-8H,3-6H2;/q;+3. The third-order valence-electron chi connectivity index (χ3n) is 1.33. The normalized spacial score (nSPS) is 17.8. The van der Waals surface area contributed by atoms with Crippen molar-refractivity contribution in [2.75, 3.05) is 0 Å². The zero-order chi connectivity index (χ0) is 5.66. The van der Waals surface area contributed by atoms with Crippen LogP contribution in [0.15, 0.2) is 24.3 Å². The monoisotopic (exact) mass is 210 g/mol. The van der Waals surface area contributed by atoms with E-state index < -0.39 is 0 Å². The van der Waals surface area contributed by atoms with E-state index in [4.69, 9.17) is 0 Å². The van der Waals surface area contributed by atoms with Crippen LogP contribution in [0.4, 0.5) is 0 Å². The van der Waals surface area contributed by atoms with Crippen molar-refractivity contribution in [3.05, 3.63) is 24.3 Å². The molecule has 0 spiro atoms. The van der Waals surface area contributed by atoms with Crippen molar-refractivity contribution < 1.29 is 19.5 Å². The average Bonchev–Trinajstić information content (AvgIpc) is 1.62. The van der Waals surface area contributed by atoms with Gasteiger partial charge in [-0.25, -0.2) is 0 Å². The Labute approximate surface area is 69.8 Å². The van der Waals surface area contributed by atoms with Gasteiger partial charge in [0, 0.05) is 0 Å². The largest absolute Gasteiger partial charge is 3.00 e. The molecule has 1 rings (SSSR count). The average molecular weight is 209 g/mol. The zero-order valence-electron chi connectivity index (χ0n) is 5.49. The fourth-order valence-corrected chi connectivity index (χ4v) is 0.856. The molecule has 0 saturated carbocycles. The van der Waals surface area contributed by atoms with Crippen LogP contribution in [-0.2, 0) is 19.5 Å². The van der Waals surface area contributed by atoms with E-state index in [1.54, 1.807) is 0 Å². The molecule has 1 aliphatic carbocycles. The quantitative estimate of drug-likeness (QED) is 0.425. The number of allylic oxidation sites excluding steroid dienone is 4. The van der Waals surface area contributed by atoms with E-state index in [-0.39, 0.29) is 19.5 Å². The summed E-state index contributed by atoms with van der Waals surface area (Å²) < 4.78 is 0. The van der Waals surface area contributed by atoms with Gasteiger partial charge in [0.15, 0.2) is 0 Å². The molecule has 0 amide bonds. The zero-order valence-corrected chi connectivity index (χ0v) is 7.23. The molecule has 0 saturated heterocycles. The van der Waals surface area contributed by atoms with Crippen LogP contribution in [-0.4, -0.2) is 0 Å². The van der Waals surface area contributed by atoms with Crippen LogP contribution in [0.1, 0.15) is 25.7 Å². The first-order valence-corrected chi connectivity index (χ1v) is 3.30. The Hall–Kier alpha value is 0.103. The maximum absolute atomic E-state index is 2.27. The molecule has 1 radical (unpaired) electrons. The Morgan fingerprint density at radius 2 is 0.778 bits per heavy atom. The molecule has 0 unspecified atom stereocenters. The van der Waals surface area contributed by atoms with Gasteiger partial charge in [-0.3, -0.25) is 0 Å². The van der Waals surface area contributed by atoms with Crippen molar-refractivity contribution in [3.8, 4) is 0 Å². The van der Waals surface area contributed by atoms with Crippen LogP contribution in [0, 0.1) is 0 Å². The van der Waals surface area contributed by atoms with Crippen LogP contribution >= 0.6 is 0 Å². The fourth-order valence-electron chi connectivity index (χ4n) is 0.856.